The van der Waals surface area contributed by atoms with Crippen molar-refractivity contribution in [2.75, 3.05) is 6.61 Å². The molecule has 0 radical (unpaired) electrons. The lowest BCUT2D eigenvalue weighted by Gasteiger charge is -2.07. The van der Waals surface area contributed by atoms with E-state index in [1.54, 1.807) is 6.21 Å². The maximum atomic E-state index is 11.8. The summed E-state index contributed by atoms with van der Waals surface area (Å²) in [5.74, 6) is 1.15. The first-order chi connectivity index (χ1) is 14.1. The molecule has 1 N–H and O–H groups in total. The molecule has 3 rings (SSSR count). The van der Waals surface area contributed by atoms with E-state index in [9.17, 15) is 4.79 Å². The Labute approximate surface area is 171 Å². The molecule has 5 nitrogen and oxygen atoms in total. The normalized spacial score (nSPS) is 10.7. The first kappa shape index (κ1) is 20.1. The Hall–Kier alpha value is -3.60. The number of carbonyl (C=O) groups is 1. The third kappa shape index (κ3) is 6.50. The molecule has 1 amide bonds. The summed E-state index contributed by atoms with van der Waals surface area (Å²) in [6.45, 7) is 4.42. The highest BCUT2D eigenvalue weighted by molar-refractivity contribution is 5.83. The second kappa shape index (κ2) is 10.1. The number of aryl methyl sites for hydroxylation is 2. The van der Waals surface area contributed by atoms with Crippen LogP contribution in [-0.4, -0.2) is 18.7 Å². The van der Waals surface area contributed by atoms with E-state index < -0.39 is 0 Å². The van der Waals surface area contributed by atoms with Crippen LogP contribution >= 0.6 is 0 Å². The minimum absolute atomic E-state index is 0.0894. The fourth-order valence-electron chi connectivity index (χ4n) is 2.69. The smallest absolute Gasteiger partial charge is 0.277 e. The van der Waals surface area contributed by atoms with Gasteiger partial charge in [-0.15, -0.1) is 0 Å². The summed E-state index contributed by atoms with van der Waals surface area (Å²) in [5.41, 5.74) is 6.64. The molecule has 5 heteroatoms. The molecule has 0 aromatic heterocycles. The number of rotatable bonds is 8. The van der Waals surface area contributed by atoms with E-state index in [1.165, 1.54) is 5.56 Å². The van der Waals surface area contributed by atoms with Gasteiger partial charge in [0.1, 0.15) is 18.1 Å². The van der Waals surface area contributed by atoms with Gasteiger partial charge in [0.05, 0.1) is 6.21 Å². The molecule has 148 valence electrons. The highest BCUT2D eigenvalue weighted by Gasteiger charge is 2.03. The van der Waals surface area contributed by atoms with E-state index >= 15 is 0 Å². The van der Waals surface area contributed by atoms with E-state index in [2.05, 4.69) is 29.6 Å². The number of ether oxygens (including phenoxy) is 2. The number of hydrazone groups is 1. The Bertz CT molecular complexity index is 981. The molecule has 0 heterocycles. The molecule has 0 bridgehead atoms. The van der Waals surface area contributed by atoms with Crippen LogP contribution in [-0.2, 0) is 11.4 Å². The number of nitrogens with one attached hydrogen (secondary N) is 1. The highest BCUT2D eigenvalue weighted by Crippen LogP contribution is 2.16. The predicted molar refractivity (Wildman–Crippen MR) is 114 cm³/mol. The molecule has 3 aromatic carbocycles. The van der Waals surface area contributed by atoms with Crippen molar-refractivity contribution in [1.82, 2.24) is 5.43 Å². The summed E-state index contributed by atoms with van der Waals surface area (Å²) in [6.07, 6.45) is 1.58. The standard InChI is InChI=1S/C24H24N2O3/c1-18-6-5-8-21(14-18)16-28-22-12-10-20(11-13-22)15-25-26-24(27)17-29-23-9-4-3-7-19(23)2/h3-15H,16-17H2,1-2H3,(H,26,27)/b25-15-. The van der Waals surface area contributed by atoms with Gasteiger partial charge in [0.25, 0.3) is 5.91 Å². The second-order valence-corrected chi connectivity index (χ2v) is 6.69. The van der Waals surface area contributed by atoms with Crippen LogP contribution in [0.25, 0.3) is 0 Å². The van der Waals surface area contributed by atoms with Gasteiger partial charge in [-0.05, 0) is 60.9 Å². The van der Waals surface area contributed by atoms with Gasteiger partial charge in [0.15, 0.2) is 6.61 Å². The molecule has 0 spiro atoms. The zero-order chi connectivity index (χ0) is 20.5. The number of hydrogen-bond acceptors (Lipinski definition) is 4. The fourth-order valence-corrected chi connectivity index (χ4v) is 2.69. The molecule has 0 atom stereocenters. The molecule has 0 saturated carbocycles. The number of nitrogens with zero attached hydrogens (tertiary/aromatic N) is 1. The van der Waals surface area contributed by atoms with Crippen molar-refractivity contribution in [3.05, 3.63) is 95.1 Å². The Morgan fingerprint density at radius 1 is 0.966 bits per heavy atom. The maximum Gasteiger partial charge on any atom is 0.277 e. The molecule has 0 aliphatic carbocycles. The van der Waals surface area contributed by atoms with E-state index in [-0.39, 0.29) is 12.5 Å². The zero-order valence-electron chi connectivity index (χ0n) is 16.6. The average molecular weight is 388 g/mol. The zero-order valence-corrected chi connectivity index (χ0v) is 16.6. The van der Waals surface area contributed by atoms with Crippen molar-refractivity contribution in [2.45, 2.75) is 20.5 Å². The lowest BCUT2D eigenvalue weighted by atomic mass is 10.1. The lowest BCUT2D eigenvalue weighted by Crippen LogP contribution is -2.24. The van der Waals surface area contributed by atoms with E-state index in [0.717, 1.165) is 22.4 Å². The van der Waals surface area contributed by atoms with Crippen LogP contribution in [0, 0.1) is 13.8 Å². The van der Waals surface area contributed by atoms with Gasteiger partial charge in [0.2, 0.25) is 0 Å². The number of hydrogen-bond donors (Lipinski definition) is 1. The van der Waals surface area contributed by atoms with Crippen LogP contribution in [0.1, 0.15) is 22.3 Å². The summed E-state index contributed by atoms with van der Waals surface area (Å²) < 4.78 is 11.3. The Morgan fingerprint density at radius 3 is 2.52 bits per heavy atom. The van der Waals surface area contributed by atoms with E-state index in [4.69, 9.17) is 9.47 Å². The minimum atomic E-state index is -0.317. The molecular weight excluding hydrogens is 364 g/mol. The van der Waals surface area contributed by atoms with Crippen LogP contribution in [0.3, 0.4) is 0 Å². The maximum absolute atomic E-state index is 11.8. The van der Waals surface area contributed by atoms with Gasteiger partial charge in [-0.3, -0.25) is 4.79 Å². The molecule has 29 heavy (non-hydrogen) atoms. The first-order valence-corrected chi connectivity index (χ1v) is 9.39. The van der Waals surface area contributed by atoms with Crippen molar-refractivity contribution >= 4 is 12.1 Å². The van der Waals surface area contributed by atoms with Crippen LogP contribution in [0.15, 0.2) is 77.9 Å². The van der Waals surface area contributed by atoms with Gasteiger partial charge in [-0.25, -0.2) is 5.43 Å². The molecule has 0 saturated heterocycles. The monoisotopic (exact) mass is 388 g/mol. The molecule has 0 aliphatic rings. The third-order valence-electron chi connectivity index (χ3n) is 4.22. The summed E-state index contributed by atoms with van der Waals surface area (Å²) in [4.78, 5) is 11.8. The minimum Gasteiger partial charge on any atom is -0.489 e. The molecule has 0 aliphatic heterocycles. The highest BCUT2D eigenvalue weighted by atomic mass is 16.5. The summed E-state index contributed by atoms with van der Waals surface area (Å²) in [5, 5.41) is 3.96. The van der Waals surface area contributed by atoms with E-state index in [1.807, 2.05) is 67.6 Å². The second-order valence-electron chi connectivity index (χ2n) is 6.69. The number of para-hydroxylation sites is 1. The Morgan fingerprint density at radius 2 is 1.76 bits per heavy atom. The van der Waals surface area contributed by atoms with Crippen molar-refractivity contribution in [1.29, 1.82) is 0 Å². The van der Waals surface area contributed by atoms with Gasteiger partial charge in [-0.2, -0.15) is 5.10 Å². The van der Waals surface area contributed by atoms with Crippen molar-refractivity contribution in [2.24, 2.45) is 5.10 Å². The van der Waals surface area contributed by atoms with Crippen LogP contribution in [0.4, 0.5) is 0 Å². The Balaban J connectivity index is 1.43. The Kier molecular flexibility index (Phi) is 7.00. The molecule has 0 unspecified atom stereocenters. The number of carbonyl (C=O) groups excluding carboxylic acids is 1. The van der Waals surface area contributed by atoms with Crippen molar-refractivity contribution in [3.63, 3.8) is 0 Å². The first-order valence-electron chi connectivity index (χ1n) is 9.39. The van der Waals surface area contributed by atoms with Crippen molar-refractivity contribution in [3.8, 4) is 11.5 Å². The van der Waals surface area contributed by atoms with Crippen LogP contribution < -0.4 is 14.9 Å². The summed E-state index contributed by atoms with van der Waals surface area (Å²) >= 11 is 0. The largest absolute Gasteiger partial charge is 0.489 e. The lowest BCUT2D eigenvalue weighted by molar-refractivity contribution is -0.123. The van der Waals surface area contributed by atoms with Crippen LogP contribution in [0.5, 0.6) is 11.5 Å². The van der Waals surface area contributed by atoms with Crippen LogP contribution in [0.2, 0.25) is 0 Å². The SMILES string of the molecule is Cc1cccc(COc2ccc(/C=N\NC(=O)COc3ccccc3C)cc2)c1. The topological polar surface area (TPSA) is 59.9 Å². The molecular formula is C24H24N2O3. The summed E-state index contributed by atoms with van der Waals surface area (Å²) in [6, 6.07) is 23.3. The predicted octanol–water partition coefficient (Wildman–Crippen LogP) is 4.41. The molecule has 0 fully saturated rings. The van der Waals surface area contributed by atoms with Gasteiger partial charge >= 0.3 is 0 Å². The quantitative estimate of drug-likeness (QED) is 0.459. The van der Waals surface area contributed by atoms with E-state index in [0.29, 0.717) is 12.4 Å². The number of amides is 1. The fraction of sp³-hybridized carbons (Fsp3) is 0.167. The van der Waals surface area contributed by atoms with Gasteiger partial charge in [-0.1, -0.05) is 48.0 Å². The third-order valence-corrected chi connectivity index (χ3v) is 4.22. The van der Waals surface area contributed by atoms with Gasteiger partial charge < -0.3 is 9.47 Å². The average Bonchev–Trinajstić information content (AvgIpc) is 2.73. The van der Waals surface area contributed by atoms with Crippen molar-refractivity contribution < 1.29 is 14.3 Å². The summed E-state index contributed by atoms with van der Waals surface area (Å²) in [7, 11) is 0. The van der Waals surface area contributed by atoms with Gasteiger partial charge in [0, 0.05) is 0 Å². The number of benzene rings is 3. The molecule has 3 aromatic rings.